The predicted octanol–water partition coefficient (Wildman–Crippen LogP) is 4.46. The topological polar surface area (TPSA) is 79.4 Å². The van der Waals surface area contributed by atoms with Gasteiger partial charge in [-0.05, 0) is 62.1 Å². The zero-order valence-corrected chi connectivity index (χ0v) is 18.5. The fraction of sp³-hybridized carbons (Fsp3) is 0.273. The second kappa shape index (κ2) is 8.29. The van der Waals surface area contributed by atoms with Crippen LogP contribution in [0.4, 0.5) is 5.13 Å². The summed E-state index contributed by atoms with van der Waals surface area (Å²) in [6.07, 6.45) is 1.73. The quantitative estimate of drug-likeness (QED) is 0.634. The lowest BCUT2D eigenvalue weighted by molar-refractivity contribution is 0.102. The van der Waals surface area contributed by atoms with E-state index in [1.165, 1.54) is 38.9 Å². The maximum atomic E-state index is 12.8. The van der Waals surface area contributed by atoms with Crippen molar-refractivity contribution in [1.29, 1.82) is 0 Å². The van der Waals surface area contributed by atoms with E-state index in [0.717, 1.165) is 24.1 Å². The smallest absolute Gasteiger partial charge is 0.257 e. The maximum absolute atomic E-state index is 12.8. The summed E-state index contributed by atoms with van der Waals surface area (Å²) < 4.78 is 27.0. The van der Waals surface area contributed by atoms with E-state index in [1.54, 1.807) is 12.1 Å². The number of benzene rings is 2. The lowest BCUT2D eigenvalue weighted by Crippen LogP contribution is -2.28. The molecule has 1 N–H and O–H groups in total. The Morgan fingerprint density at radius 2 is 1.83 bits per heavy atom. The number of hydrogen-bond acceptors (Lipinski definition) is 5. The average Bonchev–Trinajstić information content (AvgIpc) is 3.43. The van der Waals surface area contributed by atoms with Gasteiger partial charge in [-0.1, -0.05) is 18.2 Å². The number of hydrogen-bond donors (Lipinski definition) is 1. The fourth-order valence-electron chi connectivity index (χ4n) is 3.41. The third-order valence-corrected chi connectivity index (χ3v) is 7.98. The number of anilines is 1. The monoisotopic (exact) mass is 441 g/mol. The first-order chi connectivity index (χ1) is 14.3. The van der Waals surface area contributed by atoms with Crippen LogP contribution in [-0.2, 0) is 10.0 Å². The van der Waals surface area contributed by atoms with Gasteiger partial charge in [-0.2, -0.15) is 4.31 Å². The largest absolute Gasteiger partial charge is 0.298 e. The minimum atomic E-state index is -3.57. The van der Waals surface area contributed by atoms with Gasteiger partial charge in [0.1, 0.15) is 0 Å². The van der Waals surface area contributed by atoms with Crippen LogP contribution in [0.1, 0.15) is 34.3 Å². The summed E-state index contributed by atoms with van der Waals surface area (Å²) in [5.74, 6) is -0.380. The van der Waals surface area contributed by atoms with Crippen LogP contribution in [-0.4, -0.2) is 36.7 Å². The van der Waals surface area contributed by atoms with Gasteiger partial charge in [-0.3, -0.25) is 10.1 Å². The SMILES string of the molecule is Cc1ccc(-c2csc(NC(=O)c3cccc(S(=O)(=O)N4CCCC4)c3)n2)cc1C. The van der Waals surface area contributed by atoms with Crippen LogP contribution in [0, 0.1) is 13.8 Å². The number of carbonyl (C=O) groups is 1. The molecule has 2 heterocycles. The number of aromatic nitrogens is 1. The molecule has 4 rings (SSSR count). The Morgan fingerprint density at radius 3 is 2.57 bits per heavy atom. The Morgan fingerprint density at radius 1 is 1.07 bits per heavy atom. The predicted molar refractivity (Wildman–Crippen MR) is 119 cm³/mol. The van der Waals surface area contributed by atoms with E-state index < -0.39 is 10.0 Å². The summed E-state index contributed by atoms with van der Waals surface area (Å²) in [6, 6.07) is 12.3. The standard InChI is InChI=1S/C22H23N3O3S2/c1-15-8-9-17(12-16(15)2)20-14-29-22(23-20)24-21(26)18-6-5-7-19(13-18)30(27,28)25-10-3-4-11-25/h5-9,12-14H,3-4,10-11H2,1-2H3,(H,23,24,26). The zero-order valence-electron chi connectivity index (χ0n) is 16.9. The summed E-state index contributed by atoms with van der Waals surface area (Å²) in [4.78, 5) is 17.4. The Bertz CT molecular complexity index is 1200. The molecular weight excluding hydrogens is 418 g/mol. The zero-order chi connectivity index (χ0) is 21.3. The summed E-state index contributed by atoms with van der Waals surface area (Å²) in [6.45, 7) is 5.17. The second-order valence-electron chi connectivity index (χ2n) is 7.43. The van der Waals surface area contributed by atoms with Crippen LogP contribution in [0.5, 0.6) is 0 Å². The van der Waals surface area contributed by atoms with Gasteiger partial charge in [-0.15, -0.1) is 11.3 Å². The third kappa shape index (κ3) is 4.16. The lowest BCUT2D eigenvalue weighted by Gasteiger charge is -2.15. The molecule has 1 fully saturated rings. The normalized spacial score (nSPS) is 14.7. The summed E-state index contributed by atoms with van der Waals surface area (Å²) in [7, 11) is -3.57. The molecule has 1 aliphatic heterocycles. The van der Waals surface area contributed by atoms with Crippen molar-refractivity contribution in [2.24, 2.45) is 0 Å². The first kappa shape index (κ1) is 20.7. The summed E-state index contributed by atoms with van der Waals surface area (Å²) in [5.41, 5.74) is 4.48. The molecule has 1 amide bonds. The van der Waals surface area contributed by atoms with E-state index >= 15 is 0 Å². The Balaban J connectivity index is 1.52. The molecule has 0 spiro atoms. The number of nitrogens with one attached hydrogen (secondary N) is 1. The molecule has 8 heteroatoms. The molecule has 6 nitrogen and oxygen atoms in total. The number of amides is 1. The van der Waals surface area contributed by atoms with Crippen molar-refractivity contribution in [3.63, 3.8) is 0 Å². The Kier molecular flexibility index (Phi) is 5.73. The van der Waals surface area contributed by atoms with E-state index in [1.807, 2.05) is 11.4 Å². The molecule has 30 heavy (non-hydrogen) atoms. The molecule has 1 aliphatic rings. The minimum Gasteiger partial charge on any atom is -0.298 e. The van der Waals surface area contributed by atoms with Gasteiger partial charge in [0.2, 0.25) is 10.0 Å². The van der Waals surface area contributed by atoms with Gasteiger partial charge in [0.15, 0.2) is 5.13 Å². The highest BCUT2D eigenvalue weighted by Crippen LogP contribution is 2.27. The lowest BCUT2D eigenvalue weighted by atomic mass is 10.1. The van der Waals surface area contributed by atoms with Gasteiger partial charge in [0, 0.05) is 29.6 Å². The first-order valence-corrected chi connectivity index (χ1v) is 12.1. The van der Waals surface area contributed by atoms with Crippen molar-refractivity contribution in [2.45, 2.75) is 31.6 Å². The van der Waals surface area contributed by atoms with Crippen LogP contribution in [0.2, 0.25) is 0 Å². The number of sulfonamides is 1. The molecule has 156 valence electrons. The number of nitrogens with zero attached hydrogens (tertiary/aromatic N) is 2. The van der Waals surface area contributed by atoms with Crippen LogP contribution >= 0.6 is 11.3 Å². The van der Waals surface area contributed by atoms with E-state index in [4.69, 9.17) is 0 Å². The first-order valence-electron chi connectivity index (χ1n) is 9.79. The van der Waals surface area contributed by atoms with Crippen LogP contribution < -0.4 is 5.32 Å². The molecule has 0 radical (unpaired) electrons. The molecular formula is C22H23N3O3S2. The van der Waals surface area contributed by atoms with E-state index in [-0.39, 0.29) is 10.8 Å². The number of carbonyl (C=O) groups excluding carboxylic acids is 1. The van der Waals surface area contributed by atoms with Crippen molar-refractivity contribution in [3.8, 4) is 11.3 Å². The van der Waals surface area contributed by atoms with E-state index in [9.17, 15) is 13.2 Å². The van der Waals surface area contributed by atoms with Crippen LogP contribution in [0.15, 0.2) is 52.7 Å². The molecule has 0 unspecified atom stereocenters. The number of rotatable bonds is 5. The summed E-state index contributed by atoms with van der Waals surface area (Å²) >= 11 is 1.34. The van der Waals surface area contributed by atoms with Crippen molar-refractivity contribution in [3.05, 3.63) is 64.5 Å². The van der Waals surface area contributed by atoms with E-state index in [0.29, 0.717) is 23.8 Å². The van der Waals surface area contributed by atoms with Crippen molar-refractivity contribution >= 4 is 32.4 Å². The van der Waals surface area contributed by atoms with Crippen LogP contribution in [0.25, 0.3) is 11.3 Å². The third-order valence-electron chi connectivity index (χ3n) is 5.33. The highest BCUT2D eigenvalue weighted by Gasteiger charge is 2.27. The van der Waals surface area contributed by atoms with Gasteiger partial charge in [0.25, 0.3) is 5.91 Å². The molecule has 0 saturated carbocycles. The highest BCUT2D eigenvalue weighted by molar-refractivity contribution is 7.89. The average molecular weight is 442 g/mol. The van der Waals surface area contributed by atoms with Crippen molar-refractivity contribution < 1.29 is 13.2 Å². The Hall–Kier alpha value is -2.55. The number of aryl methyl sites for hydroxylation is 2. The molecule has 0 atom stereocenters. The van der Waals surface area contributed by atoms with Crippen LogP contribution in [0.3, 0.4) is 0 Å². The van der Waals surface area contributed by atoms with Gasteiger partial charge in [-0.25, -0.2) is 13.4 Å². The van der Waals surface area contributed by atoms with Gasteiger partial charge >= 0.3 is 0 Å². The Labute approximate surface area is 180 Å². The second-order valence-corrected chi connectivity index (χ2v) is 10.2. The number of thiazole rings is 1. The minimum absolute atomic E-state index is 0.145. The molecule has 0 bridgehead atoms. The highest BCUT2D eigenvalue weighted by atomic mass is 32.2. The van der Waals surface area contributed by atoms with Gasteiger partial charge < -0.3 is 0 Å². The fourth-order valence-corrected chi connectivity index (χ4v) is 5.69. The molecule has 0 aliphatic carbocycles. The molecule has 3 aromatic rings. The molecule has 2 aromatic carbocycles. The molecule has 1 saturated heterocycles. The van der Waals surface area contributed by atoms with E-state index in [2.05, 4.69) is 36.3 Å². The van der Waals surface area contributed by atoms with Crippen molar-refractivity contribution in [2.75, 3.05) is 18.4 Å². The molecule has 1 aromatic heterocycles. The summed E-state index contributed by atoms with van der Waals surface area (Å²) in [5, 5.41) is 5.15. The van der Waals surface area contributed by atoms with Gasteiger partial charge in [0.05, 0.1) is 10.6 Å². The maximum Gasteiger partial charge on any atom is 0.257 e. The van der Waals surface area contributed by atoms with Crippen molar-refractivity contribution in [1.82, 2.24) is 9.29 Å².